The topological polar surface area (TPSA) is 64.6 Å². The third-order valence-corrected chi connectivity index (χ3v) is 5.58. The average Bonchev–Trinajstić information content (AvgIpc) is 2.54. The Morgan fingerprint density at radius 2 is 1.88 bits per heavy atom. The predicted molar refractivity (Wildman–Crippen MR) is 75.4 cm³/mol. The lowest BCUT2D eigenvalue weighted by Gasteiger charge is -2.42. The maximum absolute atomic E-state index is 14.1. The summed E-state index contributed by atoms with van der Waals surface area (Å²) in [5.74, 6) is -2.75. The lowest BCUT2D eigenvalue weighted by atomic mass is 9.77. The monoisotopic (exact) mass is 387 g/mol. The molecule has 1 fully saturated rings. The fourth-order valence-corrected chi connectivity index (χ4v) is 3.78. The summed E-state index contributed by atoms with van der Waals surface area (Å²) in [4.78, 5) is 0. The summed E-state index contributed by atoms with van der Waals surface area (Å²) in [6, 6.07) is 1.89. The van der Waals surface area contributed by atoms with Crippen molar-refractivity contribution in [2.75, 3.05) is 19.8 Å². The Balaban J connectivity index is 1.81. The minimum Gasteiger partial charge on any atom is -0.490 e. The number of nitrogens with one attached hydrogen (secondary N) is 1. The molecule has 0 aliphatic carbocycles. The molecule has 1 unspecified atom stereocenters. The summed E-state index contributed by atoms with van der Waals surface area (Å²) >= 11 is 0. The molecule has 2 aliphatic rings. The molecule has 0 radical (unpaired) electrons. The first-order chi connectivity index (χ1) is 11.6. The van der Waals surface area contributed by atoms with Gasteiger partial charge in [0.05, 0.1) is 12.7 Å². The summed E-state index contributed by atoms with van der Waals surface area (Å²) in [5.41, 5.74) is -5.42. The van der Waals surface area contributed by atoms with Gasteiger partial charge in [0.1, 0.15) is 5.82 Å². The lowest BCUT2D eigenvalue weighted by Crippen LogP contribution is -2.49. The van der Waals surface area contributed by atoms with E-state index in [0.29, 0.717) is 6.42 Å². The van der Waals surface area contributed by atoms with Gasteiger partial charge in [0.15, 0.2) is 11.6 Å². The summed E-state index contributed by atoms with van der Waals surface area (Å²) in [6.07, 6.45) is -0.629. The maximum Gasteiger partial charge on any atom is 0.511 e. The third kappa shape index (κ3) is 3.32. The van der Waals surface area contributed by atoms with Gasteiger partial charge in [-0.2, -0.15) is 13.2 Å². The zero-order valence-electron chi connectivity index (χ0n) is 12.6. The van der Waals surface area contributed by atoms with Gasteiger partial charge >= 0.3 is 15.5 Å². The van der Waals surface area contributed by atoms with Crippen molar-refractivity contribution in [2.45, 2.75) is 24.0 Å². The van der Waals surface area contributed by atoms with Gasteiger partial charge in [0.2, 0.25) is 0 Å². The average molecular weight is 387 g/mol. The molecule has 2 heterocycles. The van der Waals surface area contributed by atoms with Crippen molar-refractivity contribution >= 4 is 10.0 Å². The van der Waals surface area contributed by atoms with Crippen molar-refractivity contribution in [3.05, 3.63) is 29.3 Å². The maximum atomic E-state index is 14.1. The zero-order valence-corrected chi connectivity index (χ0v) is 13.5. The minimum atomic E-state index is -5.52. The van der Waals surface area contributed by atoms with Crippen molar-refractivity contribution in [3.63, 3.8) is 0 Å². The number of hydrogen-bond donors (Lipinski definition) is 1. The molecule has 0 aromatic heterocycles. The van der Waals surface area contributed by atoms with Gasteiger partial charge in [-0.1, -0.05) is 0 Å². The summed E-state index contributed by atoms with van der Waals surface area (Å²) in [7, 11) is -5.52. The van der Waals surface area contributed by atoms with E-state index < -0.39 is 51.7 Å². The van der Waals surface area contributed by atoms with E-state index in [9.17, 15) is 30.4 Å². The zero-order chi connectivity index (χ0) is 18.4. The van der Waals surface area contributed by atoms with E-state index in [-0.39, 0.29) is 24.5 Å². The van der Waals surface area contributed by atoms with Crippen LogP contribution < -0.4 is 9.46 Å². The Bertz CT molecular complexity index is 767. The normalized spacial score (nSPS) is 26.5. The van der Waals surface area contributed by atoms with Gasteiger partial charge in [-0.3, -0.25) is 0 Å². The van der Waals surface area contributed by atoms with E-state index in [4.69, 9.17) is 9.47 Å². The van der Waals surface area contributed by atoms with Crippen LogP contribution in [0.3, 0.4) is 0 Å². The molecule has 0 bridgehead atoms. The van der Waals surface area contributed by atoms with Crippen LogP contribution in [-0.2, 0) is 14.8 Å². The van der Waals surface area contributed by atoms with Crippen LogP contribution in [0, 0.1) is 17.6 Å². The highest BCUT2D eigenvalue weighted by atomic mass is 32.2. The summed E-state index contributed by atoms with van der Waals surface area (Å²) in [6.45, 7) is -0.677. The highest BCUT2D eigenvalue weighted by Crippen LogP contribution is 2.45. The van der Waals surface area contributed by atoms with Crippen LogP contribution in [0.2, 0.25) is 0 Å². The first kappa shape index (κ1) is 18.3. The minimum absolute atomic E-state index is 0.0169. The van der Waals surface area contributed by atoms with Crippen molar-refractivity contribution in [3.8, 4) is 5.75 Å². The SMILES string of the molecule is O=S(=O)(NC[C@@H]1OCCC2c3c(F)ccc(F)c3OC[C@H]21)C(F)(F)F. The molecule has 1 aromatic carbocycles. The van der Waals surface area contributed by atoms with Crippen molar-refractivity contribution < 1.29 is 39.8 Å². The molecule has 11 heteroatoms. The first-order valence-electron chi connectivity index (χ1n) is 7.40. The van der Waals surface area contributed by atoms with E-state index in [1.165, 1.54) is 4.72 Å². The van der Waals surface area contributed by atoms with Crippen molar-refractivity contribution in [1.29, 1.82) is 0 Å². The highest BCUT2D eigenvalue weighted by molar-refractivity contribution is 7.90. The van der Waals surface area contributed by atoms with E-state index in [0.717, 1.165) is 12.1 Å². The number of rotatable bonds is 3. The van der Waals surface area contributed by atoms with Gasteiger partial charge in [0.25, 0.3) is 0 Å². The van der Waals surface area contributed by atoms with Crippen molar-refractivity contribution in [1.82, 2.24) is 4.72 Å². The van der Waals surface area contributed by atoms with Gasteiger partial charge in [-0.05, 0) is 18.6 Å². The largest absolute Gasteiger partial charge is 0.511 e. The van der Waals surface area contributed by atoms with Crippen LogP contribution in [0.5, 0.6) is 5.75 Å². The van der Waals surface area contributed by atoms with Crippen LogP contribution >= 0.6 is 0 Å². The number of ether oxygens (including phenoxy) is 2. The Hall–Kier alpha value is -1.46. The number of alkyl halides is 3. The smallest absolute Gasteiger partial charge is 0.490 e. The fourth-order valence-electron chi connectivity index (χ4n) is 3.23. The van der Waals surface area contributed by atoms with Crippen molar-refractivity contribution in [2.24, 2.45) is 5.92 Å². The molecule has 2 aliphatic heterocycles. The number of halogens is 5. The lowest BCUT2D eigenvalue weighted by molar-refractivity contribution is -0.0600. The van der Waals surface area contributed by atoms with E-state index in [1.807, 2.05) is 0 Å². The quantitative estimate of drug-likeness (QED) is 0.809. The second-order valence-electron chi connectivity index (χ2n) is 5.85. The molecule has 1 aromatic rings. The molecule has 1 saturated heterocycles. The molecule has 0 amide bonds. The Morgan fingerprint density at radius 1 is 1.20 bits per heavy atom. The second-order valence-corrected chi connectivity index (χ2v) is 7.61. The standard InChI is InChI=1S/C14H14F5NO4S/c15-9-1-2-10(16)13-12(9)7-3-4-23-11(8(7)6-24-13)5-20-25(21,22)14(17,18)19/h1-2,7-8,11,20H,3-6H2/t7?,8-,11+/m1/s1. The second kappa shape index (κ2) is 6.36. The van der Waals surface area contributed by atoms with Gasteiger partial charge in [-0.25, -0.2) is 21.9 Å². The third-order valence-electron chi connectivity index (χ3n) is 4.42. The fraction of sp³-hybridized carbons (Fsp3) is 0.571. The number of sulfonamides is 1. The van der Waals surface area contributed by atoms with Gasteiger partial charge < -0.3 is 9.47 Å². The van der Waals surface area contributed by atoms with Crippen LogP contribution in [0.1, 0.15) is 17.9 Å². The van der Waals surface area contributed by atoms with Crippen LogP contribution in [-0.4, -0.2) is 39.8 Å². The molecule has 3 rings (SSSR count). The first-order valence-corrected chi connectivity index (χ1v) is 8.88. The van der Waals surface area contributed by atoms with E-state index in [1.54, 1.807) is 0 Å². The molecular weight excluding hydrogens is 373 g/mol. The Kier molecular flexibility index (Phi) is 4.67. The van der Waals surface area contributed by atoms with Gasteiger partial charge in [-0.15, -0.1) is 0 Å². The molecule has 25 heavy (non-hydrogen) atoms. The van der Waals surface area contributed by atoms with E-state index in [2.05, 4.69) is 0 Å². The number of fused-ring (bicyclic) bond motifs is 3. The number of hydrogen-bond acceptors (Lipinski definition) is 4. The van der Waals surface area contributed by atoms with Gasteiger partial charge in [0, 0.05) is 30.6 Å². The number of benzene rings is 1. The Morgan fingerprint density at radius 3 is 2.56 bits per heavy atom. The highest BCUT2D eigenvalue weighted by Gasteiger charge is 2.47. The molecule has 1 N–H and O–H groups in total. The molecule has 0 saturated carbocycles. The molecule has 5 nitrogen and oxygen atoms in total. The molecule has 0 spiro atoms. The van der Waals surface area contributed by atoms with Crippen LogP contribution in [0.25, 0.3) is 0 Å². The summed E-state index contributed by atoms with van der Waals surface area (Å²) in [5, 5.41) is 0. The summed E-state index contributed by atoms with van der Waals surface area (Å²) < 4.78 is 99.4. The van der Waals surface area contributed by atoms with Crippen LogP contribution in [0.4, 0.5) is 22.0 Å². The Labute approximate surface area is 140 Å². The molecule has 3 atom stereocenters. The molecular formula is C14H14F5NO4S. The van der Waals surface area contributed by atoms with E-state index >= 15 is 0 Å². The predicted octanol–water partition coefficient (Wildman–Crippen LogP) is 2.29. The van der Waals surface area contributed by atoms with Crippen LogP contribution in [0.15, 0.2) is 12.1 Å². The molecule has 140 valence electrons.